The van der Waals surface area contributed by atoms with E-state index in [-0.39, 0.29) is 0 Å². The number of piperidine rings is 1. The first-order chi connectivity index (χ1) is 13.2. The summed E-state index contributed by atoms with van der Waals surface area (Å²) in [7, 11) is 1.79. The van der Waals surface area contributed by atoms with Gasteiger partial charge in [-0.15, -0.1) is 6.58 Å². The first-order valence-electron chi connectivity index (χ1n) is 9.50. The number of rotatable bonds is 6. The number of hydrogen-bond acceptors (Lipinski definition) is 4. The van der Waals surface area contributed by atoms with Crippen LogP contribution in [-0.2, 0) is 6.54 Å². The molecule has 0 bridgehead atoms. The number of aromatic nitrogens is 1. The third kappa shape index (κ3) is 5.44. The number of aryl methyl sites for hydroxylation is 1. The molecule has 1 saturated heterocycles. The number of guanidine groups is 1. The minimum absolute atomic E-state index is 0.442. The maximum absolute atomic E-state index is 5.62. The Bertz CT molecular complexity index is 757. The summed E-state index contributed by atoms with van der Waals surface area (Å²) in [5, 5.41) is 6.84. The molecule has 0 spiro atoms. The first kappa shape index (κ1) is 19.2. The third-order valence-corrected chi connectivity index (χ3v) is 4.83. The van der Waals surface area contributed by atoms with Crippen molar-refractivity contribution in [1.82, 2.24) is 20.5 Å². The summed E-state index contributed by atoms with van der Waals surface area (Å²) in [6, 6.07) is 8.61. The second-order valence-electron chi connectivity index (χ2n) is 6.94. The molecule has 2 N–H and O–H groups in total. The Hall–Kier alpha value is -2.60. The molecule has 2 aromatic rings. The van der Waals surface area contributed by atoms with Gasteiger partial charge in [-0.2, -0.15) is 0 Å². The summed E-state index contributed by atoms with van der Waals surface area (Å²) >= 11 is 0. The van der Waals surface area contributed by atoms with Gasteiger partial charge in [0.2, 0.25) is 5.89 Å². The molecule has 0 unspecified atom stereocenters. The van der Waals surface area contributed by atoms with Crippen LogP contribution >= 0.6 is 0 Å². The van der Waals surface area contributed by atoms with E-state index in [0.29, 0.717) is 18.5 Å². The van der Waals surface area contributed by atoms with Crippen molar-refractivity contribution in [3.8, 4) is 11.5 Å². The molecule has 1 aliphatic heterocycles. The lowest BCUT2D eigenvalue weighted by Crippen LogP contribution is -2.48. The fourth-order valence-corrected chi connectivity index (χ4v) is 3.22. The number of benzene rings is 1. The van der Waals surface area contributed by atoms with Crippen LogP contribution < -0.4 is 10.6 Å². The molecule has 1 fully saturated rings. The zero-order valence-electron chi connectivity index (χ0n) is 16.2. The molecule has 144 valence electrons. The van der Waals surface area contributed by atoms with Crippen LogP contribution in [0.5, 0.6) is 0 Å². The lowest BCUT2D eigenvalue weighted by molar-refractivity contribution is 0.225. The molecule has 1 aromatic heterocycles. The van der Waals surface area contributed by atoms with Gasteiger partial charge in [-0.1, -0.05) is 23.8 Å². The molecule has 0 saturated carbocycles. The Morgan fingerprint density at radius 2 is 2.07 bits per heavy atom. The number of nitrogens with one attached hydrogen (secondary N) is 2. The Balaban J connectivity index is 1.49. The predicted octanol–water partition coefficient (Wildman–Crippen LogP) is 2.97. The number of aliphatic imine (C=N–C) groups is 1. The maximum Gasteiger partial charge on any atom is 0.226 e. The second kappa shape index (κ2) is 9.37. The Kier molecular flexibility index (Phi) is 6.65. The van der Waals surface area contributed by atoms with Crippen LogP contribution in [0.2, 0.25) is 0 Å². The highest BCUT2D eigenvalue weighted by molar-refractivity contribution is 5.79. The summed E-state index contributed by atoms with van der Waals surface area (Å²) in [5.74, 6) is 1.45. The monoisotopic (exact) mass is 367 g/mol. The van der Waals surface area contributed by atoms with E-state index in [9.17, 15) is 0 Å². The zero-order valence-corrected chi connectivity index (χ0v) is 16.2. The highest BCUT2D eigenvalue weighted by Gasteiger charge is 2.19. The van der Waals surface area contributed by atoms with Crippen LogP contribution in [0, 0.1) is 6.92 Å². The lowest BCUT2D eigenvalue weighted by atomic mass is 10.1. The summed E-state index contributed by atoms with van der Waals surface area (Å²) in [4.78, 5) is 11.3. The molecular weight excluding hydrogens is 338 g/mol. The molecule has 0 amide bonds. The molecule has 27 heavy (non-hydrogen) atoms. The molecule has 3 rings (SSSR count). The van der Waals surface area contributed by atoms with Gasteiger partial charge in [0.1, 0.15) is 6.26 Å². The van der Waals surface area contributed by atoms with Crippen LogP contribution in [0.1, 0.15) is 24.1 Å². The average molecular weight is 367 g/mol. The van der Waals surface area contributed by atoms with E-state index in [1.54, 1.807) is 13.3 Å². The van der Waals surface area contributed by atoms with Gasteiger partial charge in [-0.25, -0.2) is 4.98 Å². The van der Waals surface area contributed by atoms with E-state index in [4.69, 9.17) is 4.42 Å². The van der Waals surface area contributed by atoms with Gasteiger partial charge < -0.3 is 15.1 Å². The summed E-state index contributed by atoms with van der Waals surface area (Å²) in [5.41, 5.74) is 3.06. The van der Waals surface area contributed by atoms with Crippen molar-refractivity contribution in [2.45, 2.75) is 32.4 Å². The molecule has 6 heteroatoms. The Morgan fingerprint density at radius 1 is 1.33 bits per heavy atom. The van der Waals surface area contributed by atoms with E-state index in [1.165, 1.54) is 5.56 Å². The molecule has 0 radical (unpaired) electrons. The largest absolute Gasteiger partial charge is 0.444 e. The van der Waals surface area contributed by atoms with Crippen molar-refractivity contribution >= 4 is 5.96 Å². The standard InChI is InChI=1S/C21H29N5O/c1-4-11-26-12-9-18(10-13-26)25-21(22-3)23-14-19-15-27-20(24-19)17-7-5-16(2)6-8-17/h4-8,15,18H,1,9-14H2,2-3H3,(H2,22,23,25). The summed E-state index contributed by atoms with van der Waals surface area (Å²) < 4.78 is 5.62. The van der Waals surface area contributed by atoms with Gasteiger partial charge in [0, 0.05) is 38.3 Å². The lowest BCUT2D eigenvalue weighted by Gasteiger charge is -2.32. The van der Waals surface area contributed by atoms with Crippen molar-refractivity contribution in [3.05, 3.63) is 54.4 Å². The van der Waals surface area contributed by atoms with Gasteiger partial charge in [0.15, 0.2) is 5.96 Å². The third-order valence-electron chi connectivity index (χ3n) is 4.83. The van der Waals surface area contributed by atoms with Crippen molar-refractivity contribution < 1.29 is 4.42 Å². The molecular formula is C21H29N5O. The van der Waals surface area contributed by atoms with Crippen molar-refractivity contribution in [2.75, 3.05) is 26.7 Å². The molecule has 1 aromatic carbocycles. The van der Waals surface area contributed by atoms with Crippen LogP contribution in [0.3, 0.4) is 0 Å². The first-order valence-corrected chi connectivity index (χ1v) is 9.50. The average Bonchev–Trinajstić information content (AvgIpc) is 3.16. The van der Waals surface area contributed by atoms with Crippen molar-refractivity contribution in [1.29, 1.82) is 0 Å². The van der Waals surface area contributed by atoms with Gasteiger partial charge in [-0.05, 0) is 31.9 Å². The van der Waals surface area contributed by atoms with Gasteiger partial charge in [-0.3, -0.25) is 9.89 Å². The van der Waals surface area contributed by atoms with E-state index in [0.717, 1.165) is 49.7 Å². The predicted molar refractivity (Wildman–Crippen MR) is 110 cm³/mol. The van der Waals surface area contributed by atoms with Crippen LogP contribution in [0.15, 0.2) is 52.6 Å². The number of likely N-dealkylation sites (tertiary alicyclic amines) is 1. The minimum Gasteiger partial charge on any atom is -0.444 e. The normalized spacial score (nSPS) is 16.3. The van der Waals surface area contributed by atoms with Gasteiger partial charge in [0.05, 0.1) is 12.2 Å². The van der Waals surface area contributed by atoms with Gasteiger partial charge >= 0.3 is 0 Å². The fourth-order valence-electron chi connectivity index (χ4n) is 3.22. The zero-order chi connectivity index (χ0) is 19.1. The smallest absolute Gasteiger partial charge is 0.226 e. The van der Waals surface area contributed by atoms with Crippen LogP contribution in [0.25, 0.3) is 11.5 Å². The van der Waals surface area contributed by atoms with E-state index < -0.39 is 0 Å². The number of nitrogens with zero attached hydrogens (tertiary/aromatic N) is 3. The van der Waals surface area contributed by atoms with Gasteiger partial charge in [0.25, 0.3) is 0 Å². The highest BCUT2D eigenvalue weighted by atomic mass is 16.3. The SMILES string of the molecule is C=CCN1CCC(NC(=NC)NCc2coc(-c3ccc(C)cc3)n2)CC1. The molecule has 6 nitrogen and oxygen atoms in total. The van der Waals surface area contributed by atoms with E-state index >= 15 is 0 Å². The summed E-state index contributed by atoms with van der Waals surface area (Å²) in [6.45, 7) is 9.60. The Morgan fingerprint density at radius 3 is 2.74 bits per heavy atom. The fraction of sp³-hybridized carbons (Fsp3) is 0.429. The number of oxazole rings is 1. The van der Waals surface area contributed by atoms with Crippen molar-refractivity contribution in [3.63, 3.8) is 0 Å². The molecule has 0 atom stereocenters. The quantitative estimate of drug-likeness (QED) is 0.467. The number of hydrogen-bond donors (Lipinski definition) is 2. The van der Waals surface area contributed by atoms with Crippen LogP contribution in [-0.4, -0.2) is 48.6 Å². The molecule has 0 aliphatic carbocycles. The van der Waals surface area contributed by atoms with Crippen LogP contribution in [0.4, 0.5) is 0 Å². The van der Waals surface area contributed by atoms with E-state index in [2.05, 4.69) is 51.1 Å². The van der Waals surface area contributed by atoms with Crippen molar-refractivity contribution in [2.24, 2.45) is 4.99 Å². The second-order valence-corrected chi connectivity index (χ2v) is 6.94. The maximum atomic E-state index is 5.62. The van der Waals surface area contributed by atoms with E-state index in [1.807, 2.05) is 18.2 Å². The topological polar surface area (TPSA) is 65.7 Å². The Labute approximate surface area is 161 Å². The molecule has 1 aliphatic rings. The minimum atomic E-state index is 0.442. The molecule has 2 heterocycles. The highest BCUT2D eigenvalue weighted by Crippen LogP contribution is 2.19. The summed E-state index contributed by atoms with van der Waals surface area (Å²) in [6.07, 6.45) is 5.88.